The maximum Gasteiger partial charge on any atom is 0.102 e. The Morgan fingerprint density at radius 2 is 0.812 bits per heavy atom. The Labute approximate surface area is 277 Å². The van der Waals surface area contributed by atoms with Gasteiger partial charge in [0.25, 0.3) is 0 Å². The first-order chi connectivity index (χ1) is 23.8. The zero-order valence-corrected chi connectivity index (χ0v) is 25.8. The number of nitriles is 2. The lowest BCUT2D eigenvalue weighted by atomic mass is 9.90. The van der Waals surface area contributed by atoms with Crippen molar-refractivity contribution in [1.82, 2.24) is 9.13 Å². The molecule has 0 N–H and O–H groups in total. The first kappa shape index (κ1) is 27.4. The van der Waals surface area contributed by atoms with Crippen molar-refractivity contribution in [2.24, 2.45) is 0 Å². The summed E-state index contributed by atoms with van der Waals surface area (Å²) in [5.41, 5.74) is 11.1. The van der Waals surface area contributed by atoms with Gasteiger partial charge in [0.15, 0.2) is 0 Å². The van der Waals surface area contributed by atoms with Crippen LogP contribution in [0.2, 0.25) is 0 Å². The molecule has 0 saturated heterocycles. The van der Waals surface area contributed by atoms with Crippen molar-refractivity contribution < 1.29 is 0 Å². The van der Waals surface area contributed by atoms with Crippen molar-refractivity contribution in [2.75, 3.05) is 0 Å². The van der Waals surface area contributed by atoms with Crippen LogP contribution in [-0.4, -0.2) is 9.13 Å². The van der Waals surface area contributed by atoms with E-state index >= 15 is 0 Å². The second kappa shape index (κ2) is 10.9. The van der Waals surface area contributed by atoms with E-state index in [1.165, 1.54) is 10.8 Å². The third-order valence-corrected chi connectivity index (χ3v) is 9.43. The molecule has 2 aromatic heterocycles. The van der Waals surface area contributed by atoms with Crippen LogP contribution in [0.4, 0.5) is 0 Å². The van der Waals surface area contributed by atoms with Gasteiger partial charge < -0.3 is 9.13 Å². The van der Waals surface area contributed by atoms with Crippen molar-refractivity contribution in [3.8, 4) is 45.8 Å². The van der Waals surface area contributed by atoms with Gasteiger partial charge >= 0.3 is 0 Å². The molecule has 7 aromatic carbocycles. The molecule has 4 heteroatoms. The molecule has 0 aliphatic heterocycles. The highest BCUT2D eigenvalue weighted by Gasteiger charge is 2.21. The first-order valence-corrected chi connectivity index (χ1v) is 15.9. The van der Waals surface area contributed by atoms with Crippen LogP contribution in [0.15, 0.2) is 158 Å². The molecule has 0 aliphatic carbocycles. The summed E-state index contributed by atoms with van der Waals surface area (Å²) in [5.74, 6) is 0. The molecule has 0 spiro atoms. The summed E-state index contributed by atoms with van der Waals surface area (Å²) in [6.07, 6.45) is 0. The molecule has 9 aromatic rings. The normalized spacial score (nSPS) is 11.3. The Morgan fingerprint density at radius 3 is 1.42 bits per heavy atom. The van der Waals surface area contributed by atoms with E-state index in [0.29, 0.717) is 11.1 Å². The highest BCUT2D eigenvalue weighted by atomic mass is 15.0. The molecule has 0 atom stereocenters. The predicted octanol–water partition coefficient (Wildman–Crippen LogP) is 11.0. The Balaban J connectivity index is 1.31. The highest BCUT2D eigenvalue weighted by Crippen LogP contribution is 2.42. The zero-order chi connectivity index (χ0) is 32.2. The molecule has 0 radical (unpaired) electrons. The lowest BCUT2D eigenvalue weighted by molar-refractivity contribution is 1.17. The van der Waals surface area contributed by atoms with Gasteiger partial charge in [0.1, 0.15) is 6.07 Å². The number of benzene rings is 7. The Bertz CT molecular complexity index is 2760. The number of para-hydroxylation sites is 4. The van der Waals surface area contributed by atoms with Gasteiger partial charge in [-0.25, -0.2) is 0 Å². The number of hydrogen-bond acceptors (Lipinski definition) is 2. The van der Waals surface area contributed by atoms with E-state index in [4.69, 9.17) is 0 Å². The minimum atomic E-state index is 0.573. The third kappa shape index (κ3) is 4.01. The topological polar surface area (TPSA) is 57.4 Å². The number of aromatic nitrogens is 2. The maximum absolute atomic E-state index is 10.9. The van der Waals surface area contributed by atoms with Gasteiger partial charge in [0, 0.05) is 32.7 Å². The molecule has 0 amide bonds. The van der Waals surface area contributed by atoms with Gasteiger partial charge in [-0.2, -0.15) is 10.5 Å². The van der Waals surface area contributed by atoms with Crippen molar-refractivity contribution in [3.05, 3.63) is 169 Å². The summed E-state index contributed by atoms with van der Waals surface area (Å²) in [4.78, 5) is 0. The summed E-state index contributed by atoms with van der Waals surface area (Å²) >= 11 is 0. The molecule has 0 unspecified atom stereocenters. The van der Waals surface area contributed by atoms with Gasteiger partial charge in [-0.15, -0.1) is 0 Å². The van der Waals surface area contributed by atoms with Gasteiger partial charge in [-0.3, -0.25) is 0 Å². The summed E-state index contributed by atoms with van der Waals surface area (Å²) in [6.45, 7) is 0. The standard InChI is InChI=1S/C44H26N4/c45-27-29-24-25-37-36-17-6-10-22-42(36)48(44(37)26-29)43-23-11-18-32(38(43)28-46)30-12-1-2-13-31(30)33-14-3-7-19-39(33)47-40-20-8-4-15-34(40)35-16-5-9-21-41(35)47/h1-26H. The fourth-order valence-corrected chi connectivity index (χ4v) is 7.40. The molecule has 2 heterocycles. The number of nitrogens with zero attached hydrogens (tertiary/aromatic N) is 4. The second-order valence-electron chi connectivity index (χ2n) is 11.9. The van der Waals surface area contributed by atoms with E-state index in [2.05, 4.69) is 124 Å². The van der Waals surface area contributed by atoms with E-state index in [1.807, 2.05) is 54.6 Å². The zero-order valence-electron chi connectivity index (χ0n) is 25.8. The monoisotopic (exact) mass is 610 g/mol. The van der Waals surface area contributed by atoms with Crippen LogP contribution >= 0.6 is 0 Å². The average molecular weight is 611 g/mol. The molecular formula is C44H26N4. The molecule has 0 fully saturated rings. The number of hydrogen-bond donors (Lipinski definition) is 0. The van der Waals surface area contributed by atoms with Gasteiger partial charge in [-0.1, -0.05) is 115 Å². The SMILES string of the molecule is N#Cc1ccc2c3ccccc3n(-c3cccc(-c4ccccc4-c4ccccc4-n4c5ccccc5c5ccccc54)c3C#N)c2c1. The van der Waals surface area contributed by atoms with E-state index in [0.717, 1.165) is 66.5 Å². The summed E-state index contributed by atoms with van der Waals surface area (Å²) in [5, 5.41) is 25.2. The average Bonchev–Trinajstić information content (AvgIpc) is 3.67. The van der Waals surface area contributed by atoms with E-state index in [1.54, 1.807) is 0 Å². The van der Waals surface area contributed by atoms with Crippen LogP contribution in [0.3, 0.4) is 0 Å². The van der Waals surface area contributed by atoms with Crippen molar-refractivity contribution in [1.29, 1.82) is 10.5 Å². The molecule has 48 heavy (non-hydrogen) atoms. The number of fused-ring (bicyclic) bond motifs is 6. The van der Waals surface area contributed by atoms with Crippen LogP contribution in [0.1, 0.15) is 11.1 Å². The Morgan fingerprint density at radius 1 is 0.354 bits per heavy atom. The lowest BCUT2D eigenvalue weighted by Crippen LogP contribution is -2.01. The first-order valence-electron chi connectivity index (χ1n) is 15.9. The molecule has 222 valence electrons. The van der Waals surface area contributed by atoms with Crippen LogP contribution in [0.5, 0.6) is 0 Å². The van der Waals surface area contributed by atoms with Crippen molar-refractivity contribution in [2.45, 2.75) is 0 Å². The van der Waals surface area contributed by atoms with Gasteiger partial charge in [0.05, 0.1) is 50.6 Å². The van der Waals surface area contributed by atoms with Gasteiger partial charge in [-0.05, 0) is 53.6 Å². The fourth-order valence-electron chi connectivity index (χ4n) is 7.40. The fraction of sp³-hybridized carbons (Fsp3) is 0. The van der Waals surface area contributed by atoms with Crippen LogP contribution < -0.4 is 0 Å². The predicted molar refractivity (Wildman–Crippen MR) is 195 cm³/mol. The van der Waals surface area contributed by atoms with Crippen LogP contribution in [0.25, 0.3) is 77.2 Å². The highest BCUT2D eigenvalue weighted by molar-refractivity contribution is 6.11. The molecule has 0 saturated carbocycles. The van der Waals surface area contributed by atoms with Crippen LogP contribution in [0, 0.1) is 22.7 Å². The summed E-state index contributed by atoms with van der Waals surface area (Å²) < 4.78 is 4.48. The smallest absolute Gasteiger partial charge is 0.102 e. The van der Waals surface area contributed by atoms with E-state index < -0.39 is 0 Å². The minimum absolute atomic E-state index is 0.573. The molecule has 0 bridgehead atoms. The van der Waals surface area contributed by atoms with Crippen LogP contribution in [-0.2, 0) is 0 Å². The largest absolute Gasteiger partial charge is 0.309 e. The minimum Gasteiger partial charge on any atom is -0.309 e. The molecular weight excluding hydrogens is 585 g/mol. The number of rotatable bonds is 4. The second-order valence-corrected chi connectivity index (χ2v) is 11.9. The quantitative estimate of drug-likeness (QED) is 0.199. The Kier molecular flexibility index (Phi) is 6.22. The third-order valence-electron chi connectivity index (χ3n) is 9.43. The Hall–Kier alpha value is -6.88. The van der Waals surface area contributed by atoms with Crippen molar-refractivity contribution in [3.63, 3.8) is 0 Å². The van der Waals surface area contributed by atoms with Gasteiger partial charge in [0.2, 0.25) is 0 Å². The summed E-state index contributed by atoms with van der Waals surface area (Å²) in [7, 11) is 0. The van der Waals surface area contributed by atoms with E-state index in [-0.39, 0.29) is 0 Å². The lowest BCUT2D eigenvalue weighted by Gasteiger charge is -2.18. The van der Waals surface area contributed by atoms with E-state index in [9.17, 15) is 10.5 Å². The molecule has 4 nitrogen and oxygen atoms in total. The molecule has 9 rings (SSSR count). The summed E-state index contributed by atoms with van der Waals surface area (Å²) in [6, 6.07) is 58.9. The maximum atomic E-state index is 10.9. The van der Waals surface area contributed by atoms with Crippen molar-refractivity contribution >= 4 is 43.6 Å². The molecule has 0 aliphatic rings.